The largest absolute Gasteiger partial charge is 0.479 e. The summed E-state index contributed by atoms with van der Waals surface area (Å²) < 4.78 is 10.6. The SMILES string of the molecule is CC(Oc1ccc(Cl)cc1Cl)C(=O)Nc1ccc2oc(=O)ccc2c1. The second-order valence-corrected chi connectivity index (χ2v) is 6.17. The van der Waals surface area contributed by atoms with Gasteiger partial charge in [0, 0.05) is 22.2 Å². The zero-order chi connectivity index (χ0) is 18.0. The van der Waals surface area contributed by atoms with Crippen molar-refractivity contribution >= 4 is 45.8 Å². The Balaban J connectivity index is 1.72. The van der Waals surface area contributed by atoms with Gasteiger partial charge in [-0.05, 0) is 49.4 Å². The lowest BCUT2D eigenvalue weighted by atomic mass is 10.2. The van der Waals surface area contributed by atoms with Gasteiger partial charge in [-0.25, -0.2) is 4.79 Å². The van der Waals surface area contributed by atoms with Crippen LogP contribution in [0.25, 0.3) is 11.0 Å². The Hall–Kier alpha value is -2.50. The van der Waals surface area contributed by atoms with Crippen LogP contribution in [0, 0.1) is 0 Å². The lowest BCUT2D eigenvalue weighted by Crippen LogP contribution is -2.30. The maximum Gasteiger partial charge on any atom is 0.336 e. The van der Waals surface area contributed by atoms with Gasteiger partial charge in [-0.3, -0.25) is 4.79 Å². The van der Waals surface area contributed by atoms with Crippen LogP contribution in [0.3, 0.4) is 0 Å². The highest BCUT2D eigenvalue weighted by Crippen LogP contribution is 2.28. The highest BCUT2D eigenvalue weighted by molar-refractivity contribution is 6.35. The van der Waals surface area contributed by atoms with Crippen molar-refractivity contribution < 1.29 is 13.9 Å². The third-order valence-electron chi connectivity index (χ3n) is 3.45. The minimum Gasteiger partial charge on any atom is -0.479 e. The molecule has 7 heteroatoms. The number of halogens is 2. The second kappa shape index (κ2) is 7.17. The second-order valence-electron chi connectivity index (χ2n) is 5.33. The molecule has 1 N–H and O–H groups in total. The molecular formula is C18H13Cl2NO4. The van der Waals surface area contributed by atoms with Crippen LogP contribution in [0.1, 0.15) is 6.92 Å². The van der Waals surface area contributed by atoms with Crippen molar-refractivity contribution in [1.29, 1.82) is 0 Å². The van der Waals surface area contributed by atoms with E-state index in [1.165, 1.54) is 6.07 Å². The number of fused-ring (bicyclic) bond motifs is 1. The molecule has 3 aromatic rings. The van der Waals surface area contributed by atoms with Gasteiger partial charge < -0.3 is 14.5 Å². The molecule has 0 aliphatic heterocycles. The number of ether oxygens (including phenoxy) is 1. The first-order chi connectivity index (χ1) is 11.9. The fourth-order valence-electron chi connectivity index (χ4n) is 2.21. The Bertz CT molecular complexity index is 1000. The van der Waals surface area contributed by atoms with Gasteiger partial charge in [-0.15, -0.1) is 0 Å². The molecule has 0 spiro atoms. The molecule has 0 aliphatic carbocycles. The number of hydrogen-bond donors (Lipinski definition) is 1. The van der Waals surface area contributed by atoms with Gasteiger partial charge in [0.25, 0.3) is 5.91 Å². The summed E-state index contributed by atoms with van der Waals surface area (Å²) in [6, 6.07) is 12.7. The Kier molecular flexibility index (Phi) is 4.97. The van der Waals surface area contributed by atoms with Crippen LogP contribution in [0.4, 0.5) is 5.69 Å². The van der Waals surface area contributed by atoms with Crippen LogP contribution in [0.2, 0.25) is 10.0 Å². The molecule has 1 heterocycles. The Morgan fingerprint density at radius 3 is 2.68 bits per heavy atom. The third-order valence-corrected chi connectivity index (χ3v) is 3.98. The number of anilines is 1. The monoisotopic (exact) mass is 377 g/mol. The van der Waals surface area contributed by atoms with E-state index in [1.807, 2.05) is 0 Å². The van der Waals surface area contributed by atoms with Crippen molar-refractivity contribution in [2.75, 3.05) is 5.32 Å². The zero-order valence-electron chi connectivity index (χ0n) is 13.1. The number of hydrogen-bond acceptors (Lipinski definition) is 4. The van der Waals surface area contributed by atoms with E-state index >= 15 is 0 Å². The van der Waals surface area contributed by atoms with E-state index in [4.69, 9.17) is 32.4 Å². The van der Waals surface area contributed by atoms with Gasteiger partial charge in [0.15, 0.2) is 6.10 Å². The average Bonchev–Trinajstić information content (AvgIpc) is 2.57. The van der Waals surface area contributed by atoms with Crippen LogP contribution < -0.4 is 15.7 Å². The Morgan fingerprint density at radius 2 is 1.92 bits per heavy atom. The highest BCUT2D eigenvalue weighted by Gasteiger charge is 2.16. The van der Waals surface area contributed by atoms with E-state index in [0.29, 0.717) is 32.5 Å². The maximum atomic E-state index is 12.3. The minimum atomic E-state index is -0.775. The lowest BCUT2D eigenvalue weighted by Gasteiger charge is -2.16. The van der Waals surface area contributed by atoms with Gasteiger partial charge in [-0.1, -0.05) is 23.2 Å². The summed E-state index contributed by atoms with van der Waals surface area (Å²) in [6.07, 6.45) is -0.775. The summed E-state index contributed by atoms with van der Waals surface area (Å²) >= 11 is 11.9. The number of amides is 1. The molecule has 1 unspecified atom stereocenters. The summed E-state index contributed by atoms with van der Waals surface area (Å²) in [6.45, 7) is 1.61. The maximum absolute atomic E-state index is 12.3. The van der Waals surface area contributed by atoms with E-state index < -0.39 is 11.7 Å². The first-order valence-corrected chi connectivity index (χ1v) is 8.14. The number of carbonyl (C=O) groups is 1. The normalized spacial score (nSPS) is 12.0. The predicted octanol–water partition coefficient (Wildman–Crippen LogP) is 4.51. The van der Waals surface area contributed by atoms with E-state index in [2.05, 4.69) is 5.32 Å². The number of nitrogens with one attached hydrogen (secondary N) is 1. The van der Waals surface area contributed by atoms with Crippen LogP contribution in [-0.4, -0.2) is 12.0 Å². The fraction of sp³-hybridized carbons (Fsp3) is 0.111. The minimum absolute atomic E-state index is 0.327. The van der Waals surface area contributed by atoms with Crippen molar-refractivity contribution in [2.24, 2.45) is 0 Å². The standard InChI is InChI=1S/C18H13Cl2NO4/c1-10(24-16-5-3-12(19)9-14(16)20)18(23)21-13-4-6-15-11(8-13)2-7-17(22)25-15/h2-10H,1H3,(H,21,23). The van der Waals surface area contributed by atoms with Crippen molar-refractivity contribution in [1.82, 2.24) is 0 Å². The molecular weight excluding hydrogens is 365 g/mol. The van der Waals surface area contributed by atoms with Gasteiger partial charge in [0.1, 0.15) is 11.3 Å². The van der Waals surface area contributed by atoms with E-state index in [9.17, 15) is 9.59 Å². The first-order valence-electron chi connectivity index (χ1n) is 7.39. The molecule has 0 saturated heterocycles. The first kappa shape index (κ1) is 17.3. The van der Waals surface area contributed by atoms with Crippen LogP contribution in [-0.2, 0) is 4.79 Å². The Morgan fingerprint density at radius 1 is 1.12 bits per heavy atom. The summed E-state index contributed by atoms with van der Waals surface area (Å²) in [4.78, 5) is 23.5. The predicted molar refractivity (Wildman–Crippen MR) is 97.7 cm³/mol. The topological polar surface area (TPSA) is 68.5 Å². The molecule has 1 amide bonds. The van der Waals surface area contributed by atoms with Gasteiger partial charge in [0.05, 0.1) is 5.02 Å². The van der Waals surface area contributed by atoms with Gasteiger partial charge in [0.2, 0.25) is 0 Å². The van der Waals surface area contributed by atoms with Gasteiger partial charge >= 0.3 is 5.63 Å². The zero-order valence-corrected chi connectivity index (χ0v) is 14.6. The molecule has 128 valence electrons. The molecule has 0 aliphatic rings. The molecule has 0 fully saturated rings. The van der Waals surface area contributed by atoms with E-state index in [0.717, 1.165) is 0 Å². The fourth-order valence-corrected chi connectivity index (χ4v) is 2.66. The summed E-state index contributed by atoms with van der Waals surface area (Å²) in [5, 5.41) is 4.26. The lowest BCUT2D eigenvalue weighted by molar-refractivity contribution is -0.122. The number of rotatable bonds is 4. The van der Waals surface area contributed by atoms with E-state index in [-0.39, 0.29) is 5.91 Å². The molecule has 1 atom stereocenters. The van der Waals surface area contributed by atoms with Crippen LogP contribution >= 0.6 is 23.2 Å². The molecule has 1 aromatic heterocycles. The Labute approximate surface area is 153 Å². The molecule has 2 aromatic carbocycles. The quantitative estimate of drug-likeness (QED) is 0.679. The molecule has 5 nitrogen and oxygen atoms in total. The van der Waals surface area contributed by atoms with Crippen LogP contribution in [0.5, 0.6) is 5.75 Å². The van der Waals surface area contributed by atoms with Crippen LogP contribution in [0.15, 0.2) is 57.7 Å². The molecule has 0 saturated carbocycles. The molecule has 0 bridgehead atoms. The summed E-state index contributed by atoms with van der Waals surface area (Å²) in [5.41, 5.74) is 0.581. The molecule has 25 heavy (non-hydrogen) atoms. The highest BCUT2D eigenvalue weighted by atomic mass is 35.5. The third kappa shape index (κ3) is 4.13. The average molecular weight is 378 g/mol. The van der Waals surface area contributed by atoms with E-state index in [1.54, 1.807) is 49.4 Å². The van der Waals surface area contributed by atoms with Crippen molar-refractivity contribution in [2.45, 2.75) is 13.0 Å². The van der Waals surface area contributed by atoms with Crippen molar-refractivity contribution in [3.8, 4) is 5.75 Å². The summed E-state index contributed by atoms with van der Waals surface area (Å²) in [5.74, 6) is 0.0248. The van der Waals surface area contributed by atoms with Gasteiger partial charge in [-0.2, -0.15) is 0 Å². The number of carbonyl (C=O) groups excluding carboxylic acids is 1. The molecule has 3 rings (SSSR count). The molecule has 0 radical (unpaired) electrons. The van der Waals surface area contributed by atoms with Crippen molar-refractivity contribution in [3.63, 3.8) is 0 Å². The smallest absolute Gasteiger partial charge is 0.336 e. The van der Waals surface area contributed by atoms with Crippen molar-refractivity contribution in [3.05, 3.63) is 69.0 Å². The number of benzene rings is 2. The summed E-state index contributed by atoms with van der Waals surface area (Å²) in [7, 11) is 0.